The van der Waals surface area contributed by atoms with Crippen LogP contribution < -0.4 is 4.74 Å². The quantitative estimate of drug-likeness (QED) is 0.302. The molecule has 0 aliphatic rings. The fourth-order valence-corrected chi connectivity index (χ4v) is 2.93. The van der Waals surface area contributed by atoms with Gasteiger partial charge in [-0.1, -0.05) is 64.7 Å². The molecule has 0 heterocycles. The second kappa shape index (κ2) is 12.3. The predicted molar refractivity (Wildman–Crippen MR) is 97.6 cm³/mol. The lowest BCUT2D eigenvalue weighted by Crippen LogP contribution is -2.17. The van der Waals surface area contributed by atoms with E-state index in [-0.39, 0.29) is 6.61 Å². The van der Waals surface area contributed by atoms with Crippen LogP contribution in [0.1, 0.15) is 91.8 Å². The molecule has 0 aliphatic carbocycles. The van der Waals surface area contributed by atoms with Crippen molar-refractivity contribution in [1.29, 1.82) is 0 Å². The zero-order chi connectivity index (χ0) is 21.1. The molecule has 1 aromatic carbocycles. The summed E-state index contributed by atoms with van der Waals surface area (Å²) in [5.74, 6) is -10.8. The average molecular weight is 404 g/mol. The summed E-state index contributed by atoms with van der Waals surface area (Å²) in [5.41, 5.74) is -3.02. The van der Waals surface area contributed by atoms with E-state index in [2.05, 4.69) is 6.92 Å². The molecule has 0 saturated carbocycles. The maximum Gasteiger partial charge on any atom is 0.339 e. The van der Waals surface area contributed by atoms with Gasteiger partial charge in [0.15, 0.2) is 17.4 Å². The highest BCUT2D eigenvalue weighted by Crippen LogP contribution is 2.31. The summed E-state index contributed by atoms with van der Waals surface area (Å²) in [5, 5.41) is 17.8. The van der Waals surface area contributed by atoms with Gasteiger partial charge < -0.3 is 14.9 Å². The number of unbranched alkanes of at least 4 members (excludes halogenated alkanes) is 9. The van der Waals surface area contributed by atoms with Crippen LogP contribution in [0.2, 0.25) is 0 Å². The molecule has 0 aromatic heterocycles. The van der Waals surface area contributed by atoms with E-state index in [9.17, 15) is 22.8 Å². The van der Waals surface area contributed by atoms with Crippen molar-refractivity contribution in [3.05, 3.63) is 28.6 Å². The number of carbonyl (C=O) groups is 2. The lowest BCUT2D eigenvalue weighted by atomic mass is 10.0. The molecule has 5 nitrogen and oxygen atoms in total. The van der Waals surface area contributed by atoms with Crippen LogP contribution in [0.25, 0.3) is 0 Å². The van der Waals surface area contributed by atoms with Gasteiger partial charge in [0.25, 0.3) is 0 Å². The molecule has 158 valence electrons. The second-order valence-corrected chi connectivity index (χ2v) is 6.66. The molecule has 1 rings (SSSR count). The molecule has 0 amide bonds. The first-order valence-corrected chi connectivity index (χ1v) is 9.62. The van der Waals surface area contributed by atoms with Crippen molar-refractivity contribution in [3.8, 4) is 5.75 Å². The Labute approximate surface area is 162 Å². The highest BCUT2D eigenvalue weighted by Gasteiger charge is 2.33. The molecule has 0 spiro atoms. The minimum absolute atomic E-state index is 0.130. The Kier molecular flexibility index (Phi) is 10.4. The smallest absolute Gasteiger partial charge is 0.339 e. The predicted octanol–water partition coefficient (Wildman–Crippen LogP) is 5.80. The van der Waals surface area contributed by atoms with E-state index < -0.39 is 46.3 Å². The van der Waals surface area contributed by atoms with Gasteiger partial charge in [0.2, 0.25) is 5.82 Å². The molecular weight excluding hydrogens is 377 g/mol. The van der Waals surface area contributed by atoms with Crippen molar-refractivity contribution >= 4 is 11.9 Å². The van der Waals surface area contributed by atoms with E-state index in [1.165, 1.54) is 32.1 Å². The largest absolute Gasteiger partial charge is 0.488 e. The van der Waals surface area contributed by atoms with Gasteiger partial charge in [-0.3, -0.25) is 0 Å². The van der Waals surface area contributed by atoms with E-state index in [0.717, 1.165) is 25.7 Å². The molecule has 0 radical (unpaired) electrons. The fourth-order valence-electron chi connectivity index (χ4n) is 2.93. The first kappa shape index (κ1) is 23.8. The molecule has 0 atom stereocenters. The summed E-state index contributed by atoms with van der Waals surface area (Å²) in [6, 6.07) is 0. The van der Waals surface area contributed by atoms with E-state index >= 15 is 0 Å². The molecular formula is C20H27F3O5. The number of ether oxygens (including phenoxy) is 1. The van der Waals surface area contributed by atoms with E-state index in [4.69, 9.17) is 14.9 Å². The van der Waals surface area contributed by atoms with Gasteiger partial charge in [0.1, 0.15) is 11.1 Å². The number of aromatic carboxylic acids is 2. The number of carboxylic acid groups (broad SMARTS) is 2. The summed E-state index contributed by atoms with van der Waals surface area (Å²) < 4.78 is 46.9. The Hall–Kier alpha value is -2.25. The van der Waals surface area contributed by atoms with Crippen LogP contribution in [0.5, 0.6) is 5.75 Å². The molecule has 8 heteroatoms. The maximum absolute atomic E-state index is 14.2. The van der Waals surface area contributed by atoms with Gasteiger partial charge in [-0.15, -0.1) is 0 Å². The average Bonchev–Trinajstić information content (AvgIpc) is 2.64. The Morgan fingerprint density at radius 3 is 1.61 bits per heavy atom. The topological polar surface area (TPSA) is 83.8 Å². The highest BCUT2D eigenvalue weighted by molar-refractivity contribution is 6.02. The van der Waals surface area contributed by atoms with Gasteiger partial charge in [-0.2, -0.15) is 4.39 Å². The molecule has 0 saturated heterocycles. The van der Waals surface area contributed by atoms with Crippen molar-refractivity contribution in [2.24, 2.45) is 0 Å². The zero-order valence-electron chi connectivity index (χ0n) is 16.0. The van der Waals surface area contributed by atoms with Crippen molar-refractivity contribution in [2.45, 2.75) is 71.1 Å². The van der Waals surface area contributed by atoms with Crippen LogP contribution in [0, 0.1) is 17.5 Å². The summed E-state index contributed by atoms with van der Waals surface area (Å²) in [6.45, 7) is 2.03. The van der Waals surface area contributed by atoms with E-state index in [1.807, 2.05) is 0 Å². The molecule has 28 heavy (non-hydrogen) atoms. The standard InChI is InChI=1S/C20H27F3O5/c1-2-3-4-5-6-7-8-9-10-11-12-28-18-16(22)14(20(26)27)13(19(24)25)15(21)17(18)23/h2-12H2,1H3,(H,24,25)(H,26,27). The van der Waals surface area contributed by atoms with Crippen LogP contribution in [0.4, 0.5) is 13.2 Å². The van der Waals surface area contributed by atoms with Crippen molar-refractivity contribution < 1.29 is 37.7 Å². The molecule has 0 unspecified atom stereocenters. The third kappa shape index (κ3) is 6.73. The lowest BCUT2D eigenvalue weighted by Gasteiger charge is -2.13. The maximum atomic E-state index is 14.2. The van der Waals surface area contributed by atoms with Crippen molar-refractivity contribution in [2.75, 3.05) is 6.61 Å². The number of benzene rings is 1. The first-order chi connectivity index (χ1) is 13.3. The lowest BCUT2D eigenvalue weighted by molar-refractivity contribution is 0.0639. The van der Waals surface area contributed by atoms with E-state index in [0.29, 0.717) is 6.42 Å². The second-order valence-electron chi connectivity index (χ2n) is 6.66. The minimum Gasteiger partial charge on any atom is -0.488 e. The van der Waals surface area contributed by atoms with Gasteiger partial charge in [-0.25, -0.2) is 18.4 Å². The molecule has 0 bridgehead atoms. The number of carboxylic acids is 2. The number of halogens is 3. The molecule has 0 fully saturated rings. The number of hydrogen-bond acceptors (Lipinski definition) is 3. The summed E-state index contributed by atoms with van der Waals surface area (Å²) >= 11 is 0. The molecule has 1 aromatic rings. The summed E-state index contributed by atoms with van der Waals surface area (Å²) in [6.07, 6.45) is 10.4. The monoisotopic (exact) mass is 404 g/mol. The molecule has 0 aliphatic heterocycles. The first-order valence-electron chi connectivity index (χ1n) is 9.62. The normalized spacial score (nSPS) is 10.9. The summed E-state index contributed by atoms with van der Waals surface area (Å²) in [7, 11) is 0. The van der Waals surface area contributed by atoms with Crippen molar-refractivity contribution in [3.63, 3.8) is 0 Å². The third-order valence-corrected chi connectivity index (χ3v) is 4.45. The Morgan fingerprint density at radius 2 is 1.14 bits per heavy atom. The third-order valence-electron chi connectivity index (χ3n) is 4.45. The van der Waals surface area contributed by atoms with Crippen LogP contribution >= 0.6 is 0 Å². The van der Waals surface area contributed by atoms with Gasteiger partial charge in [0.05, 0.1) is 6.61 Å². The minimum atomic E-state index is -2.08. The van der Waals surface area contributed by atoms with E-state index in [1.54, 1.807) is 0 Å². The van der Waals surface area contributed by atoms with Crippen LogP contribution in [-0.2, 0) is 0 Å². The van der Waals surface area contributed by atoms with Crippen LogP contribution in [0.15, 0.2) is 0 Å². The highest BCUT2D eigenvalue weighted by atomic mass is 19.2. The van der Waals surface area contributed by atoms with Crippen LogP contribution in [-0.4, -0.2) is 28.8 Å². The number of rotatable bonds is 14. The van der Waals surface area contributed by atoms with Gasteiger partial charge in [-0.05, 0) is 6.42 Å². The fraction of sp³-hybridized carbons (Fsp3) is 0.600. The number of hydrogen-bond donors (Lipinski definition) is 2. The Bertz CT molecular complexity index is 677. The molecule has 2 N–H and O–H groups in total. The van der Waals surface area contributed by atoms with Gasteiger partial charge >= 0.3 is 11.9 Å². The Morgan fingerprint density at radius 1 is 0.714 bits per heavy atom. The van der Waals surface area contributed by atoms with Crippen molar-refractivity contribution in [1.82, 2.24) is 0 Å². The van der Waals surface area contributed by atoms with Crippen LogP contribution in [0.3, 0.4) is 0 Å². The SMILES string of the molecule is CCCCCCCCCCCCOc1c(F)c(F)c(C(=O)O)c(C(=O)O)c1F. The Balaban J connectivity index is 2.53. The summed E-state index contributed by atoms with van der Waals surface area (Å²) in [4.78, 5) is 22.0. The van der Waals surface area contributed by atoms with Gasteiger partial charge in [0, 0.05) is 0 Å². The zero-order valence-corrected chi connectivity index (χ0v) is 16.0.